The minimum Gasteiger partial charge on any atom is -0.388 e. The zero-order chi connectivity index (χ0) is 14.0. The Labute approximate surface area is 115 Å². The minimum atomic E-state index is -0.536. The number of nitrogens with zero attached hydrogens (tertiary/aromatic N) is 2. The highest BCUT2D eigenvalue weighted by molar-refractivity contribution is 5.55. The Kier molecular flexibility index (Phi) is 4.11. The maximum atomic E-state index is 10.5. The third kappa shape index (κ3) is 3.07. The molecule has 0 aliphatic heterocycles. The van der Waals surface area contributed by atoms with E-state index in [9.17, 15) is 5.11 Å². The fourth-order valence-electron chi connectivity index (χ4n) is 3.15. The molecule has 106 valence electrons. The Morgan fingerprint density at radius 3 is 2.58 bits per heavy atom. The fourth-order valence-corrected chi connectivity index (χ4v) is 3.15. The van der Waals surface area contributed by atoms with Crippen LogP contribution in [0.5, 0.6) is 0 Å². The third-order valence-corrected chi connectivity index (χ3v) is 4.12. The van der Waals surface area contributed by atoms with E-state index in [4.69, 9.17) is 5.73 Å². The average Bonchev–Trinajstić information content (AvgIpc) is 2.74. The van der Waals surface area contributed by atoms with E-state index >= 15 is 0 Å². The van der Waals surface area contributed by atoms with Crippen LogP contribution >= 0.6 is 0 Å². The lowest BCUT2D eigenvalue weighted by Gasteiger charge is -2.31. The molecule has 0 saturated heterocycles. The van der Waals surface area contributed by atoms with E-state index in [0.29, 0.717) is 13.1 Å². The quantitative estimate of drug-likeness (QED) is 0.871. The SMILES string of the molecule is Cc1cc(N(C)CC2(O)CCCC2)c(CN)c(C)n1. The molecule has 1 aromatic rings. The molecule has 1 fully saturated rings. The normalized spacial score (nSPS) is 17.7. The van der Waals surface area contributed by atoms with Gasteiger partial charge in [-0.15, -0.1) is 0 Å². The molecule has 0 aromatic carbocycles. The Morgan fingerprint density at radius 2 is 2.00 bits per heavy atom. The minimum absolute atomic E-state index is 0.483. The summed E-state index contributed by atoms with van der Waals surface area (Å²) >= 11 is 0. The lowest BCUT2D eigenvalue weighted by molar-refractivity contribution is 0.0559. The van der Waals surface area contributed by atoms with Crippen molar-refractivity contribution in [2.24, 2.45) is 5.73 Å². The van der Waals surface area contributed by atoms with Gasteiger partial charge in [-0.25, -0.2) is 0 Å². The van der Waals surface area contributed by atoms with Crippen LogP contribution in [0.25, 0.3) is 0 Å². The first-order valence-electron chi connectivity index (χ1n) is 7.06. The van der Waals surface area contributed by atoms with Crippen molar-refractivity contribution in [3.8, 4) is 0 Å². The predicted octanol–water partition coefficient (Wildman–Crippen LogP) is 1.90. The number of aryl methyl sites for hydroxylation is 2. The van der Waals surface area contributed by atoms with E-state index in [0.717, 1.165) is 48.3 Å². The molecular weight excluding hydrogens is 238 g/mol. The molecule has 2 rings (SSSR count). The second-order valence-electron chi connectivity index (χ2n) is 5.84. The smallest absolute Gasteiger partial charge is 0.0821 e. The van der Waals surface area contributed by atoms with Gasteiger partial charge < -0.3 is 15.7 Å². The molecule has 4 nitrogen and oxygen atoms in total. The summed E-state index contributed by atoms with van der Waals surface area (Å²) in [5.74, 6) is 0. The van der Waals surface area contributed by atoms with Crippen molar-refractivity contribution in [2.75, 3.05) is 18.5 Å². The number of nitrogens with two attached hydrogens (primary N) is 1. The molecule has 19 heavy (non-hydrogen) atoms. The molecule has 0 radical (unpaired) electrons. The van der Waals surface area contributed by atoms with Gasteiger partial charge in [0.2, 0.25) is 0 Å². The third-order valence-electron chi connectivity index (χ3n) is 4.12. The number of aliphatic hydroxyl groups is 1. The number of anilines is 1. The summed E-state index contributed by atoms with van der Waals surface area (Å²) < 4.78 is 0. The molecule has 1 aliphatic rings. The number of hydrogen-bond donors (Lipinski definition) is 2. The van der Waals surface area contributed by atoms with Crippen molar-refractivity contribution in [1.29, 1.82) is 0 Å². The average molecular weight is 263 g/mol. The second-order valence-corrected chi connectivity index (χ2v) is 5.84. The first kappa shape index (κ1) is 14.3. The van der Waals surface area contributed by atoms with E-state index in [-0.39, 0.29) is 0 Å². The molecule has 0 bridgehead atoms. The van der Waals surface area contributed by atoms with Crippen LogP contribution in [0.2, 0.25) is 0 Å². The maximum absolute atomic E-state index is 10.5. The van der Waals surface area contributed by atoms with Gasteiger partial charge in [-0.1, -0.05) is 12.8 Å². The maximum Gasteiger partial charge on any atom is 0.0821 e. The summed E-state index contributed by atoms with van der Waals surface area (Å²) in [7, 11) is 2.03. The van der Waals surface area contributed by atoms with Crippen LogP contribution in [-0.4, -0.2) is 29.3 Å². The first-order valence-corrected chi connectivity index (χ1v) is 7.06. The van der Waals surface area contributed by atoms with Gasteiger partial charge in [0, 0.05) is 42.8 Å². The Balaban J connectivity index is 2.25. The summed E-state index contributed by atoms with van der Waals surface area (Å²) in [5.41, 5.74) is 9.48. The lowest BCUT2D eigenvalue weighted by Crippen LogP contribution is -2.39. The van der Waals surface area contributed by atoms with Gasteiger partial charge in [0.05, 0.1) is 5.60 Å². The number of aromatic nitrogens is 1. The molecule has 1 saturated carbocycles. The van der Waals surface area contributed by atoms with E-state index in [1.165, 1.54) is 0 Å². The lowest BCUT2D eigenvalue weighted by atomic mass is 10.0. The van der Waals surface area contributed by atoms with Crippen molar-refractivity contribution in [1.82, 2.24) is 4.98 Å². The summed E-state index contributed by atoms with van der Waals surface area (Å²) in [6, 6.07) is 2.06. The van der Waals surface area contributed by atoms with Gasteiger partial charge in [-0.2, -0.15) is 0 Å². The molecular formula is C15H25N3O. The molecule has 1 heterocycles. The van der Waals surface area contributed by atoms with Gasteiger partial charge in [-0.3, -0.25) is 4.98 Å². The fraction of sp³-hybridized carbons (Fsp3) is 0.667. The molecule has 0 atom stereocenters. The Hall–Kier alpha value is -1.13. The number of hydrogen-bond acceptors (Lipinski definition) is 4. The standard InChI is InChI=1S/C15H25N3O/c1-11-8-14(13(9-16)12(2)17-11)18(3)10-15(19)6-4-5-7-15/h8,19H,4-7,9-10,16H2,1-3H3. The van der Waals surface area contributed by atoms with Crippen LogP contribution in [0, 0.1) is 13.8 Å². The van der Waals surface area contributed by atoms with Gasteiger partial charge in [0.15, 0.2) is 0 Å². The molecule has 0 spiro atoms. The van der Waals surface area contributed by atoms with Crippen LogP contribution in [0.15, 0.2) is 6.07 Å². The van der Waals surface area contributed by atoms with Gasteiger partial charge in [0.1, 0.15) is 0 Å². The van der Waals surface area contributed by atoms with Crippen LogP contribution in [0.3, 0.4) is 0 Å². The summed E-state index contributed by atoms with van der Waals surface area (Å²) in [5, 5.41) is 10.5. The van der Waals surface area contributed by atoms with Crippen molar-refractivity contribution < 1.29 is 5.11 Å². The highest BCUT2D eigenvalue weighted by Gasteiger charge is 2.32. The zero-order valence-corrected chi connectivity index (χ0v) is 12.2. The summed E-state index contributed by atoms with van der Waals surface area (Å²) in [4.78, 5) is 6.60. The number of likely N-dealkylation sites (N-methyl/N-ethyl adjacent to an activating group) is 1. The highest BCUT2D eigenvalue weighted by atomic mass is 16.3. The van der Waals surface area contributed by atoms with E-state index in [2.05, 4.69) is 16.0 Å². The second kappa shape index (κ2) is 5.47. The number of rotatable bonds is 4. The molecule has 1 aromatic heterocycles. The molecule has 1 aliphatic carbocycles. The predicted molar refractivity (Wildman–Crippen MR) is 78.3 cm³/mol. The first-order chi connectivity index (χ1) is 8.95. The van der Waals surface area contributed by atoms with Crippen molar-refractivity contribution in [3.63, 3.8) is 0 Å². The number of pyridine rings is 1. The van der Waals surface area contributed by atoms with Gasteiger partial charge in [0.25, 0.3) is 0 Å². The van der Waals surface area contributed by atoms with Crippen LogP contribution in [0.4, 0.5) is 5.69 Å². The van der Waals surface area contributed by atoms with E-state index < -0.39 is 5.60 Å². The van der Waals surface area contributed by atoms with Crippen LogP contribution in [-0.2, 0) is 6.54 Å². The van der Waals surface area contributed by atoms with Crippen molar-refractivity contribution in [2.45, 2.75) is 51.7 Å². The summed E-state index contributed by atoms with van der Waals surface area (Å²) in [6.07, 6.45) is 4.06. The molecule has 3 N–H and O–H groups in total. The van der Waals surface area contributed by atoms with Gasteiger partial charge in [-0.05, 0) is 32.8 Å². The molecule has 4 heteroatoms. The van der Waals surface area contributed by atoms with Crippen molar-refractivity contribution in [3.05, 3.63) is 23.0 Å². The molecule has 0 amide bonds. The largest absolute Gasteiger partial charge is 0.388 e. The van der Waals surface area contributed by atoms with Crippen molar-refractivity contribution >= 4 is 5.69 Å². The summed E-state index contributed by atoms with van der Waals surface area (Å²) in [6.45, 7) is 5.14. The van der Waals surface area contributed by atoms with E-state index in [1.54, 1.807) is 0 Å². The Bertz CT molecular complexity index is 453. The highest BCUT2D eigenvalue weighted by Crippen LogP contribution is 2.32. The van der Waals surface area contributed by atoms with Crippen LogP contribution in [0.1, 0.15) is 42.6 Å². The van der Waals surface area contributed by atoms with E-state index in [1.807, 2.05) is 20.9 Å². The Morgan fingerprint density at radius 1 is 1.37 bits per heavy atom. The zero-order valence-electron chi connectivity index (χ0n) is 12.2. The monoisotopic (exact) mass is 263 g/mol. The molecule has 0 unspecified atom stereocenters. The van der Waals surface area contributed by atoms with Crippen LogP contribution < -0.4 is 10.6 Å². The van der Waals surface area contributed by atoms with Gasteiger partial charge >= 0.3 is 0 Å². The topological polar surface area (TPSA) is 62.4 Å².